The fourth-order valence-electron chi connectivity index (χ4n) is 2.15. The van der Waals surface area contributed by atoms with E-state index in [0.717, 1.165) is 6.42 Å². The molecule has 0 aromatic heterocycles. The Bertz CT molecular complexity index is 234. The van der Waals surface area contributed by atoms with Crippen LogP contribution in [0.4, 0.5) is 0 Å². The van der Waals surface area contributed by atoms with Crippen molar-refractivity contribution in [3.05, 3.63) is 0 Å². The second kappa shape index (κ2) is 5.14. The topological polar surface area (TPSA) is 66.4 Å². The molecule has 0 aromatic carbocycles. The van der Waals surface area contributed by atoms with Crippen LogP contribution in [-0.2, 0) is 9.59 Å². The molecule has 2 N–H and O–H groups in total. The predicted octanol–water partition coefficient (Wildman–Crippen LogP) is 1.65. The second-order valence-electron chi connectivity index (χ2n) is 5.57. The number of aliphatic carboxylic acids is 1. The van der Waals surface area contributed by atoms with Crippen LogP contribution in [0.3, 0.4) is 0 Å². The number of hydrogen-bond donors (Lipinski definition) is 2. The minimum Gasteiger partial charge on any atom is -0.481 e. The molecule has 0 saturated carbocycles. The summed E-state index contributed by atoms with van der Waals surface area (Å²) in [5.41, 5.74) is -0.334. The van der Waals surface area contributed by atoms with Crippen LogP contribution >= 0.6 is 0 Å². The highest BCUT2D eigenvalue weighted by atomic mass is 16.4. The Morgan fingerprint density at radius 1 is 1.27 bits per heavy atom. The quantitative estimate of drug-likeness (QED) is 0.634. The minimum atomic E-state index is -0.779. The Morgan fingerprint density at radius 2 is 1.80 bits per heavy atom. The molecule has 0 atom stereocenters. The van der Waals surface area contributed by atoms with Gasteiger partial charge in [0.25, 0.3) is 0 Å². The number of amides is 1. The van der Waals surface area contributed by atoms with E-state index < -0.39 is 5.97 Å². The van der Waals surface area contributed by atoms with Gasteiger partial charge in [0.05, 0.1) is 6.42 Å². The van der Waals surface area contributed by atoms with Gasteiger partial charge in [-0.1, -0.05) is 27.7 Å². The summed E-state index contributed by atoms with van der Waals surface area (Å²) in [4.78, 5) is 20.8. The van der Waals surface area contributed by atoms with Crippen molar-refractivity contribution in [1.29, 1.82) is 0 Å². The Labute approximate surface area is 91.1 Å². The van der Waals surface area contributed by atoms with Crippen LogP contribution in [0.25, 0.3) is 0 Å². The molecule has 0 aliphatic carbocycles. The maximum atomic E-state index is 10.6. The zero-order valence-electron chi connectivity index (χ0n) is 9.96. The molecule has 4 nitrogen and oxygen atoms in total. The normalized spacial score (nSPS) is 12.3. The maximum absolute atomic E-state index is 10.6. The maximum Gasteiger partial charge on any atom is 0.303 e. The first-order valence-corrected chi connectivity index (χ1v) is 5.07. The van der Waals surface area contributed by atoms with Gasteiger partial charge < -0.3 is 10.4 Å². The largest absolute Gasteiger partial charge is 0.481 e. The van der Waals surface area contributed by atoms with Gasteiger partial charge in [-0.3, -0.25) is 9.59 Å². The summed E-state index contributed by atoms with van der Waals surface area (Å²) in [7, 11) is 0. The number of carboxylic acids is 1. The number of carboxylic acid groups (broad SMARTS) is 1. The van der Waals surface area contributed by atoms with Crippen molar-refractivity contribution >= 4 is 12.4 Å². The Kier molecular flexibility index (Phi) is 4.78. The van der Waals surface area contributed by atoms with E-state index in [-0.39, 0.29) is 17.3 Å². The molecule has 0 rings (SSSR count). The third kappa shape index (κ3) is 6.94. The molecule has 88 valence electrons. The molecule has 0 aliphatic heterocycles. The molecule has 4 heteroatoms. The van der Waals surface area contributed by atoms with Crippen LogP contribution in [0.2, 0.25) is 0 Å². The van der Waals surface area contributed by atoms with Gasteiger partial charge in [-0.25, -0.2) is 0 Å². The van der Waals surface area contributed by atoms with Gasteiger partial charge in [-0.15, -0.1) is 0 Å². The van der Waals surface area contributed by atoms with Crippen molar-refractivity contribution in [2.75, 3.05) is 6.54 Å². The Balaban J connectivity index is 4.28. The SMILES string of the molecule is CC(C)(CNC=O)CC(C)(C)CC(=O)O. The van der Waals surface area contributed by atoms with Gasteiger partial charge in [0.15, 0.2) is 0 Å². The second-order valence-corrected chi connectivity index (χ2v) is 5.57. The number of nitrogens with one attached hydrogen (secondary N) is 1. The highest BCUT2D eigenvalue weighted by molar-refractivity contribution is 5.67. The van der Waals surface area contributed by atoms with Crippen LogP contribution < -0.4 is 5.32 Å². The lowest BCUT2D eigenvalue weighted by Gasteiger charge is -2.33. The molecule has 0 spiro atoms. The fraction of sp³-hybridized carbons (Fsp3) is 0.818. The number of rotatable bonds is 7. The summed E-state index contributed by atoms with van der Waals surface area (Å²) in [5, 5.41) is 11.4. The van der Waals surface area contributed by atoms with E-state index in [1.165, 1.54) is 0 Å². The van der Waals surface area contributed by atoms with Gasteiger partial charge in [0.2, 0.25) is 6.41 Å². The predicted molar refractivity (Wildman–Crippen MR) is 58.5 cm³/mol. The van der Waals surface area contributed by atoms with Gasteiger partial charge in [0.1, 0.15) is 0 Å². The van der Waals surface area contributed by atoms with Crippen molar-refractivity contribution < 1.29 is 14.7 Å². The van der Waals surface area contributed by atoms with Crippen molar-refractivity contribution in [1.82, 2.24) is 5.32 Å². The highest BCUT2D eigenvalue weighted by Gasteiger charge is 2.30. The summed E-state index contributed by atoms with van der Waals surface area (Å²) in [6.07, 6.45) is 1.58. The van der Waals surface area contributed by atoms with E-state index in [1.807, 2.05) is 27.7 Å². The molecule has 1 amide bonds. The van der Waals surface area contributed by atoms with E-state index in [2.05, 4.69) is 5.32 Å². The van der Waals surface area contributed by atoms with Crippen LogP contribution in [0, 0.1) is 10.8 Å². The summed E-state index contributed by atoms with van der Waals surface area (Å²) >= 11 is 0. The first-order chi connectivity index (χ1) is 6.68. The van der Waals surface area contributed by atoms with Crippen molar-refractivity contribution in [2.45, 2.75) is 40.5 Å². The average Bonchev–Trinajstić information content (AvgIpc) is 1.95. The fourth-order valence-corrected chi connectivity index (χ4v) is 2.15. The molecular formula is C11H21NO3. The molecule has 0 radical (unpaired) electrons. The van der Waals surface area contributed by atoms with E-state index in [1.54, 1.807) is 0 Å². The molecular weight excluding hydrogens is 194 g/mol. The van der Waals surface area contributed by atoms with E-state index in [4.69, 9.17) is 5.11 Å². The minimum absolute atomic E-state index is 0.0835. The smallest absolute Gasteiger partial charge is 0.303 e. The number of carbonyl (C=O) groups is 2. The Morgan fingerprint density at radius 3 is 2.20 bits per heavy atom. The van der Waals surface area contributed by atoms with E-state index in [9.17, 15) is 9.59 Å². The van der Waals surface area contributed by atoms with Crippen LogP contribution in [0.5, 0.6) is 0 Å². The van der Waals surface area contributed by atoms with E-state index in [0.29, 0.717) is 13.0 Å². The van der Waals surface area contributed by atoms with Crippen LogP contribution in [0.1, 0.15) is 40.5 Å². The number of hydrogen-bond acceptors (Lipinski definition) is 2. The lowest BCUT2D eigenvalue weighted by molar-refractivity contribution is -0.139. The zero-order chi connectivity index (χ0) is 12.1. The van der Waals surface area contributed by atoms with Crippen LogP contribution in [-0.4, -0.2) is 24.0 Å². The Hall–Kier alpha value is -1.06. The molecule has 0 saturated heterocycles. The molecule has 15 heavy (non-hydrogen) atoms. The monoisotopic (exact) mass is 215 g/mol. The van der Waals surface area contributed by atoms with Gasteiger partial charge in [-0.05, 0) is 17.3 Å². The summed E-state index contributed by atoms with van der Waals surface area (Å²) in [6.45, 7) is 8.48. The summed E-state index contributed by atoms with van der Waals surface area (Å²) in [6, 6.07) is 0. The summed E-state index contributed by atoms with van der Waals surface area (Å²) < 4.78 is 0. The third-order valence-corrected chi connectivity index (χ3v) is 2.25. The molecule has 0 aromatic rings. The molecule has 0 aliphatic rings. The van der Waals surface area contributed by atoms with E-state index >= 15 is 0 Å². The van der Waals surface area contributed by atoms with Crippen molar-refractivity contribution in [2.24, 2.45) is 10.8 Å². The molecule has 0 bridgehead atoms. The average molecular weight is 215 g/mol. The standard InChI is InChI=1S/C11H21NO3/c1-10(2,5-9(14)15)6-11(3,4)7-12-8-13/h8H,5-7H2,1-4H3,(H,12,13)(H,14,15). The van der Waals surface area contributed by atoms with Gasteiger partial charge in [-0.2, -0.15) is 0 Å². The zero-order valence-corrected chi connectivity index (χ0v) is 9.96. The molecule has 0 fully saturated rings. The lowest BCUT2D eigenvalue weighted by Crippen LogP contribution is -2.33. The van der Waals surface area contributed by atoms with Crippen molar-refractivity contribution in [3.63, 3.8) is 0 Å². The van der Waals surface area contributed by atoms with Crippen molar-refractivity contribution in [3.8, 4) is 0 Å². The highest BCUT2D eigenvalue weighted by Crippen LogP contribution is 2.35. The van der Waals surface area contributed by atoms with Gasteiger partial charge in [0, 0.05) is 6.54 Å². The van der Waals surface area contributed by atoms with Crippen LogP contribution in [0.15, 0.2) is 0 Å². The van der Waals surface area contributed by atoms with Gasteiger partial charge >= 0.3 is 5.97 Å². The summed E-state index contributed by atoms with van der Waals surface area (Å²) in [5.74, 6) is -0.779. The third-order valence-electron chi connectivity index (χ3n) is 2.25. The number of carbonyl (C=O) groups excluding carboxylic acids is 1. The molecule has 0 heterocycles. The first-order valence-electron chi connectivity index (χ1n) is 5.07. The lowest BCUT2D eigenvalue weighted by atomic mass is 9.73. The first kappa shape index (κ1) is 13.9. The molecule has 0 unspecified atom stereocenters.